The van der Waals surface area contributed by atoms with Crippen molar-refractivity contribution in [3.05, 3.63) is 88.4 Å². The average molecular weight is 461 g/mol. The zero-order valence-electron chi connectivity index (χ0n) is 15.3. The van der Waals surface area contributed by atoms with Crippen molar-refractivity contribution in [3.8, 4) is 5.75 Å². The van der Waals surface area contributed by atoms with E-state index in [1.54, 1.807) is 42.5 Å². The standard InChI is InChI=1S/C21H21BrN2O3S/c1-24(15-17-8-6-12-20(25)21(17)22)14-16-7-5-9-18(13-16)23-28(26,27)19-10-3-2-4-11-19/h2-13,23,25H,14-15H2,1H3. The normalized spacial score (nSPS) is 11.5. The Morgan fingerprint density at radius 1 is 0.964 bits per heavy atom. The zero-order valence-corrected chi connectivity index (χ0v) is 17.7. The summed E-state index contributed by atoms with van der Waals surface area (Å²) < 4.78 is 28.3. The van der Waals surface area contributed by atoms with Crippen LogP contribution in [-0.4, -0.2) is 25.5 Å². The predicted molar refractivity (Wildman–Crippen MR) is 115 cm³/mol. The SMILES string of the molecule is CN(Cc1cccc(NS(=O)(=O)c2ccccc2)c1)Cc1cccc(O)c1Br. The lowest BCUT2D eigenvalue weighted by Crippen LogP contribution is -2.18. The number of benzene rings is 3. The minimum atomic E-state index is -3.62. The van der Waals surface area contributed by atoms with Crippen molar-refractivity contribution in [1.29, 1.82) is 0 Å². The summed E-state index contributed by atoms with van der Waals surface area (Å²) in [5.41, 5.74) is 2.48. The van der Waals surface area contributed by atoms with Crippen LogP contribution in [0, 0.1) is 0 Å². The molecule has 0 amide bonds. The second-order valence-electron chi connectivity index (χ2n) is 6.54. The van der Waals surface area contributed by atoms with Gasteiger partial charge in [0.15, 0.2) is 0 Å². The Morgan fingerprint density at radius 2 is 1.68 bits per heavy atom. The molecule has 28 heavy (non-hydrogen) atoms. The molecule has 0 aliphatic heterocycles. The number of sulfonamides is 1. The van der Waals surface area contributed by atoms with E-state index in [9.17, 15) is 13.5 Å². The number of aromatic hydroxyl groups is 1. The lowest BCUT2D eigenvalue weighted by Gasteiger charge is -2.18. The highest BCUT2D eigenvalue weighted by Gasteiger charge is 2.14. The average Bonchev–Trinajstić information content (AvgIpc) is 2.66. The molecule has 146 valence electrons. The molecular formula is C21H21BrN2O3S. The van der Waals surface area contributed by atoms with Crippen molar-refractivity contribution in [3.63, 3.8) is 0 Å². The Hall–Kier alpha value is -2.35. The highest BCUT2D eigenvalue weighted by Crippen LogP contribution is 2.28. The third-order valence-corrected chi connectivity index (χ3v) is 6.50. The van der Waals surface area contributed by atoms with Crippen molar-refractivity contribution >= 4 is 31.6 Å². The van der Waals surface area contributed by atoms with E-state index in [0.717, 1.165) is 11.1 Å². The molecule has 0 aliphatic rings. The number of anilines is 1. The Kier molecular flexibility index (Phi) is 6.39. The maximum absolute atomic E-state index is 12.5. The number of rotatable bonds is 7. The number of halogens is 1. The number of hydrogen-bond acceptors (Lipinski definition) is 4. The first kappa shape index (κ1) is 20.4. The molecule has 0 unspecified atom stereocenters. The zero-order chi connectivity index (χ0) is 20.1. The Balaban J connectivity index is 1.70. The van der Waals surface area contributed by atoms with E-state index in [2.05, 4.69) is 25.6 Å². The minimum absolute atomic E-state index is 0.211. The van der Waals surface area contributed by atoms with Gasteiger partial charge >= 0.3 is 0 Å². The molecule has 0 spiro atoms. The van der Waals surface area contributed by atoms with Crippen molar-refractivity contribution in [2.24, 2.45) is 0 Å². The molecule has 0 saturated carbocycles. The maximum atomic E-state index is 12.5. The van der Waals surface area contributed by atoms with Crippen molar-refractivity contribution in [2.45, 2.75) is 18.0 Å². The van der Waals surface area contributed by atoms with Gasteiger partial charge in [-0.15, -0.1) is 0 Å². The third kappa shape index (κ3) is 5.13. The molecule has 5 nitrogen and oxygen atoms in total. The van der Waals surface area contributed by atoms with E-state index in [0.29, 0.717) is 23.2 Å². The van der Waals surface area contributed by atoms with Crippen LogP contribution in [0.3, 0.4) is 0 Å². The van der Waals surface area contributed by atoms with Gasteiger partial charge in [0.1, 0.15) is 5.75 Å². The van der Waals surface area contributed by atoms with Gasteiger partial charge in [-0.05, 0) is 64.4 Å². The quantitative estimate of drug-likeness (QED) is 0.540. The smallest absolute Gasteiger partial charge is 0.261 e. The van der Waals surface area contributed by atoms with Gasteiger partial charge in [-0.25, -0.2) is 8.42 Å². The van der Waals surface area contributed by atoms with Gasteiger partial charge in [0.25, 0.3) is 10.0 Å². The number of nitrogens with one attached hydrogen (secondary N) is 1. The first-order chi connectivity index (χ1) is 13.3. The summed E-state index contributed by atoms with van der Waals surface area (Å²) in [7, 11) is -1.65. The molecule has 0 saturated heterocycles. The summed E-state index contributed by atoms with van der Waals surface area (Å²) in [6, 6.07) is 21.0. The van der Waals surface area contributed by atoms with Crippen LogP contribution in [0.25, 0.3) is 0 Å². The van der Waals surface area contributed by atoms with Gasteiger partial charge < -0.3 is 5.11 Å². The van der Waals surface area contributed by atoms with Gasteiger partial charge in [-0.3, -0.25) is 9.62 Å². The molecule has 0 aromatic heterocycles. The molecule has 0 bridgehead atoms. The molecule has 3 aromatic rings. The fourth-order valence-corrected chi connectivity index (χ4v) is 4.35. The van der Waals surface area contributed by atoms with E-state index in [-0.39, 0.29) is 10.6 Å². The lowest BCUT2D eigenvalue weighted by atomic mass is 10.1. The van der Waals surface area contributed by atoms with E-state index in [1.807, 2.05) is 37.4 Å². The van der Waals surface area contributed by atoms with E-state index in [4.69, 9.17) is 0 Å². The van der Waals surface area contributed by atoms with E-state index in [1.165, 1.54) is 0 Å². The van der Waals surface area contributed by atoms with Crippen LogP contribution in [0.2, 0.25) is 0 Å². The Morgan fingerprint density at radius 3 is 2.43 bits per heavy atom. The molecule has 0 heterocycles. The van der Waals surface area contributed by atoms with Crippen LogP contribution >= 0.6 is 15.9 Å². The van der Waals surface area contributed by atoms with Crippen LogP contribution in [0.15, 0.2) is 82.2 Å². The van der Waals surface area contributed by atoms with Gasteiger partial charge in [0.05, 0.1) is 9.37 Å². The van der Waals surface area contributed by atoms with Crippen LogP contribution in [0.1, 0.15) is 11.1 Å². The molecular weight excluding hydrogens is 440 g/mol. The van der Waals surface area contributed by atoms with E-state index >= 15 is 0 Å². The molecule has 3 rings (SSSR count). The summed E-state index contributed by atoms with van der Waals surface area (Å²) in [5, 5.41) is 9.81. The van der Waals surface area contributed by atoms with Gasteiger partial charge in [-0.2, -0.15) is 0 Å². The molecule has 0 radical (unpaired) electrons. The second-order valence-corrected chi connectivity index (χ2v) is 9.02. The molecule has 7 heteroatoms. The summed E-state index contributed by atoms with van der Waals surface area (Å²) in [5.74, 6) is 0.211. The number of phenolic OH excluding ortho intramolecular Hbond substituents is 1. The summed E-state index contributed by atoms with van der Waals surface area (Å²) in [6.45, 7) is 1.26. The minimum Gasteiger partial charge on any atom is -0.507 e. The van der Waals surface area contributed by atoms with Crippen molar-refractivity contribution < 1.29 is 13.5 Å². The van der Waals surface area contributed by atoms with E-state index < -0.39 is 10.0 Å². The summed E-state index contributed by atoms with van der Waals surface area (Å²) in [4.78, 5) is 2.32. The molecule has 0 fully saturated rings. The van der Waals surface area contributed by atoms with Crippen LogP contribution in [-0.2, 0) is 23.1 Å². The van der Waals surface area contributed by atoms with Gasteiger partial charge in [0.2, 0.25) is 0 Å². The van der Waals surface area contributed by atoms with Crippen molar-refractivity contribution in [1.82, 2.24) is 4.90 Å². The number of nitrogens with zero attached hydrogens (tertiary/aromatic N) is 1. The fraction of sp³-hybridized carbons (Fsp3) is 0.143. The predicted octanol–water partition coefficient (Wildman–Crippen LogP) is 4.59. The molecule has 3 aromatic carbocycles. The molecule has 2 N–H and O–H groups in total. The monoisotopic (exact) mass is 460 g/mol. The molecule has 0 aliphatic carbocycles. The highest BCUT2D eigenvalue weighted by molar-refractivity contribution is 9.10. The highest BCUT2D eigenvalue weighted by atomic mass is 79.9. The summed E-state index contributed by atoms with van der Waals surface area (Å²) in [6.07, 6.45) is 0. The second kappa shape index (κ2) is 8.77. The third-order valence-electron chi connectivity index (χ3n) is 4.18. The Labute approximate surface area is 173 Å². The van der Waals surface area contributed by atoms with Gasteiger partial charge in [-0.1, -0.05) is 42.5 Å². The first-order valence-electron chi connectivity index (χ1n) is 8.67. The Bertz CT molecular complexity index is 1060. The van der Waals surface area contributed by atoms with Gasteiger partial charge in [0, 0.05) is 18.8 Å². The summed E-state index contributed by atoms with van der Waals surface area (Å²) >= 11 is 3.41. The number of hydrogen-bond donors (Lipinski definition) is 2. The first-order valence-corrected chi connectivity index (χ1v) is 10.9. The van der Waals surface area contributed by atoms with Crippen LogP contribution in [0.4, 0.5) is 5.69 Å². The maximum Gasteiger partial charge on any atom is 0.261 e. The fourth-order valence-electron chi connectivity index (χ4n) is 2.89. The van der Waals surface area contributed by atoms with Crippen molar-refractivity contribution in [2.75, 3.05) is 11.8 Å². The van der Waals surface area contributed by atoms with Crippen LogP contribution < -0.4 is 4.72 Å². The lowest BCUT2D eigenvalue weighted by molar-refractivity contribution is 0.318. The molecule has 0 atom stereocenters. The topological polar surface area (TPSA) is 69.6 Å². The largest absolute Gasteiger partial charge is 0.507 e. The number of phenols is 1. The van der Waals surface area contributed by atoms with Crippen LogP contribution in [0.5, 0.6) is 5.75 Å².